The highest BCUT2D eigenvalue weighted by atomic mass is 31.2. The molecule has 12 heteroatoms. The summed E-state index contributed by atoms with van der Waals surface area (Å²) in [6, 6.07) is 0.132. The molecule has 0 bridgehead atoms. The van der Waals surface area contributed by atoms with Gasteiger partial charge < -0.3 is 29.0 Å². The first kappa shape index (κ1) is 58.7. The molecule has 1 radical (unpaired) electrons. The van der Waals surface area contributed by atoms with E-state index in [4.69, 9.17) is 18.5 Å². The number of nitrogens with zero attached hydrogens (tertiary/aromatic N) is 2. The number of hydroxylamine groups is 2. The Labute approximate surface area is 381 Å². The van der Waals surface area contributed by atoms with Crippen LogP contribution in [0.4, 0.5) is 0 Å². The highest BCUT2D eigenvalue weighted by Gasteiger charge is 2.46. The number of carbonyl (C=O) groups excluding carboxylic acids is 2. The Balaban J connectivity index is 2.53. The zero-order chi connectivity index (χ0) is 46.2. The summed E-state index contributed by atoms with van der Waals surface area (Å²) in [5.41, 5.74) is -1.09. The Bertz CT molecular complexity index is 1210. The van der Waals surface area contributed by atoms with Crippen LogP contribution in [-0.4, -0.2) is 90.0 Å². The van der Waals surface area contributed by atoms with Gasteiger partial charge in [0.05, 0.1) is 20.1 Å². The van der Waals surface area contributed by atoms with Crippen molar-refractivity contribution in [2.45, 2.75) is 257 Å². The molecule has 2 unspecified atom stereocenters. The molecule has 365 valence electrons. The second-order valence-corrected chi connectivity index (χ2v) is 21.6. The number of esters is 2. The van der Waals surface area contributed by atoms with Gasteiger partial charge in [-0.25, -0.2) is 4.57 Å². The summed E-state index contributed by atoms with van der Waals surface area (Å²) >= 11 is 0. The van der Waals surface area contributed by atoms with Gasteiger partial charge in [0.15, 0.2) is 6.10 Å². The van der Waals surface area contributed by atoms with Gasteiger partial charge in [0.25, 0.3) is 0 Å². The topological polar surface area (TPSA) is 139 Å². The van der Waals surface area contributed by atoms with Crippen LogP contribution in [0.1, 0.15) is 234 Å². The van der Waals surface area contributed by atoms with Gasteiger partial charge in [0.1, 0.15) is 26.2 Å². The van der Waals surface area contributed by atoms with Crippen molar-refractivity contribution >= 4 is 19.8 Å². The first-order chi connectivity index (χ1) is 29.5. The van der Waals surface area contributed by atoms with Gasteiger partial charge in [-0.2, -0.15) is 0 Å². The molecule has 0 spiro atoms. The normalized spacial score (nSPS) is 17.3. The summed E-state index contributed by atoms with van der Waals surface area (Å²) in [5, 5.41) is 14.1. The van der Waals surface area contributed by atoms with Crippen LogP contribution in [0.5, 0.6) is 0 Å². The van der Waals surface area contributed by atoms with Crippen LogP contribution in [0.2, 0.25) is 0 Å². The fourth-order valence-corrected chi connectivity index (χ4v) is 9.47. The van der Waals surface area contributed by atoms with Crippen LogP contribution in [0.15, 0.2) is 12.2 Å². The molecule has 2 atom stereocenters. The molecule has 0 aromatic carbocycles. The Morgan fingerprint density at radius 3 is 1.58 bits per heavy atom. The second-order valence-electron chi connectivity index (χ2n) is 20.2. The van der Waals surface area contributed by atoms with Crippen molar-refractivity contribution in [1.29, 1.82) is 0 Å². The van der Waals surface area contributed by atoms with E-state index in [0.717, 1.165) is 57.8 Å². The van der Waals surface area contributed by atoms with E-state index in [1.165, 1.54) is 108 Å². The van der Waals surface area contributed by atoms with Crippen LogP contribution in [0, 0.1) is 5.21 Å². The van der Waals surface area contributed by atoms with Gasteiger partial charge in [0, 0.05) is 30.3 Å². The van der Waals surface area contributed by atoms with E-state index in [2.05, 4.69) is 26.0 Å². The van der Waals surface area contributed by atoms with E-state index in [-0.39, 0.29) is 31.6 Å². The van der Waals surface area contributed by atoms with Gasteiger partial charge in [0.2, 0.25) is 6.61 Å². The van der Waals surface area contributed by atoms with Crippen LogP contribution in [0.3, 0.4) is 0 Å². The van der Waals surface area contributed by atoms with Gasteiger partial charge in [-0.05, 0) is 66.2 Å². The Hall–Kier alpha value is -1.33. The molecule has 1 fully saturated rings. The van der Waals surface area contributed by atoms with E-state index in [9.17, 15) is 24.3 Å². The molecule has 62 heavy (non-hydrogen) atoms. The minimum absolute atomic E-state index is 0.100. The smallest absolute Gasteiger partial charge is 0.502 e. The summed E-state index contributed by atoms with van der Waals surface area (Å²) in [5.74, 6) is -0.603. The standard InChI is InChI=1S/C50H96N2O9P/c1-9-11-13-15-17-19-21-23-24-26-27-29-31-33-35-37-47(53)58-43-46(61-48(54)38-36-34-32-30-28-25-22-20-18-16-14-12-10-2)44-60-62(56,57)59-40-39-52(7,8)45-41-49(3,4)51(55)50(5,6)42-45/h23-24,45-46H,9-22,25-44H2,1-8H3/p+1/b24-23-. The van der Waals surface area contributed by atoms with E-state index in [1.54, 1.807) is 0 Å². The molecule has 0 saturated carbocycles. The fourth-order valence-electron chi connectivity index (χ4n) is 8.74. The number of ether oxygens (including phenoxy) is 2. The third-order valence-electron chi connectivity index (χ3n) is 12.8. The van der Waals surface area contributed by atoms with Gasteiger partial charge in [-0.3, -0.25) is 13.8 Å². The maximum absolute atomic E-state index is 12.9. The Morgan fingerprint density at radius 2 is 1.11 bits per heavy atom. The first-order valence-corrected chi connectivity index (χ1v) is 26.8. The predicted octanol–water partition coefficient (Wildman–Crippen LogP) is 14.1. The first-order valence-electron chi connectivity index (χ1n) is 25.4. The van der Waals surface area contributed by atoms with Crippen molar-refractivity contribution in [1.82, 2.24) is 5.06 Å². The molecular formula is C50H97N2O9P+. The van der Waals surface area contributed by atoms with Gasteiger partial charge in [-0.15, -0.1) is 4.89 Å². The molecule has 0 aromatic heterocycles. The summed E-state index contributed by atoms with van der Waals surface area (Å²) < 4.78 is 35.2. The molecule has 0 aromatic rings. The van der Waals surface area contributed by atoms with Gasteiger partial charge >= 0.3 is 19.8 Å². The van der Waals surface area contributed by atoms with Crippen molar-refractivity contribution in [2.24, 2.45) is 0 Å². The number of carbonyl (C=O) groups is 1. The van der Waals surface area contributed by atoms with Crippen molar-refractivity contribution in [3.05, 3.63) is 17.4 Å². The van der Waals surface area contributed by atoms with E-state index >= 15 is 0 Å². The van der Waals surface area contributed by atoms with Gasteiger partial charge in [-0.1, -0.05) is 154 Å². The lowest BCUT2D eigenvalue weighted by atomic mass is 9.77. The maximum atomic E-state index is 12.9. The van der Waals surface area contributed by atoms with Crippen molar-refractivity contribution in [3.63, 3.8) is 0 Å². The predicted molar refractivity (Wildman–Crippen MR) is 256 cm³/mol. The number of piperidine rings is 1. The molecule has 1 rings (SSSR count). The number of likely N-dealkylation sites (N-methyl/N-ethyl adjacent to an activating group) is 1. The average Bonchev–Trinajstić information content (AvgIpc) is 3.20. The lowest BCUT2D eigenvalue weighted by molar-refractivity contribution is -0.918. The Morgan fingerprint density at radius 1 is 0.694 bits per heavy atom. The summed E-state index contributed by atoms with van der Waals surface area (Å²) in [7, 11) is -0.702. The number of rotatable bonds is 40. The highest BCUT2D eigenvalue weighted by Crippen LogP contribution is 2.45. The molecule has 0 amide bonds. The number of quaternary nitrogens is 1. The fraction of sp³-hybridized carbons (Fsp3) is 0.920. The lowest BCUT2D eigenvalue weighted by Crippen LogP contribution is -2.65. The third-order valence-corrected chi connectivity index (χ3v) is 13.7. The highest BCUT2D eigenvalue weighted by molar-refractivity contribution is 7.47. The van der Waals surface area contributed by atoms with E-state index in [1.807, 2.05) is 41.8 Å². The molecule has 1 N–H and O–H groups in total. The second kappa shape index (κ2) is 34.0. The number of unbranched alkanes of at least 4 members (excludes halogenated alkanes) is 23. The minimum Gasteiger partial charge on any atom is -0.784 e. The SMILES string of the molecule is CCCCCCCC/C=C\CCCCCCCC(=[OH+])OCC(COP([O])(=O)OCC[N+](C)(C)C1CC(C)(C)N([O-])C(C)(C)C1)OC(=O)CCCCCCCCCCCCCCC. The van der Waals surface area contributed by atoms with E-state index < -0.39 is 37.6 Å². The van der Waals surface area contributed by atoms with Crippen LogP contribution in [0.25, 0.3) is 0 Å². The molecule has 11 nitrogen and oxygen atoms in total. The molecule has 0 aliphatic carbocycles. The Kier molecular flexibility index (Phi) is 32.2. The van der Waals surface area contributed by atoms with Crippen molar-refractivity contribution in [2.75, 3.05) is 40.5 Å². The van der Waals surface area contributed by atoms with E-state index in [0.29, 0.717) is 36.7 Å². The molecular weight excluding hydrogens is 804 g/mol. The van der Waals surface area contributed by atoms with Crippen LogP contribution in [-0.2, 0) is 32.8 Å². The monoisotopic (exact) mass is 901 g/mol. The molecule has 1 heterocycles. The molecule has 1 aliphatic rings. The summed E-state index contributed by atoms with van der Waals surface area (Å²) in [6.45, 7) is 11.9. The largest absolute Gasteiger partial charge is 0.784 e. The minimum atomic E-state index is -4.76. The quantitative estimate of drug-likeness (QED) is 0.0148. The average molecular weight is 901 g/mol. The van der Waals surface area contributed by atoms with Crippen LogP contribution < -0.4 is 0 Å². The van der Waals surface area contributed by atoms with Crippen LogP contribution >= 0.6 is 7.82 Å². The molecule has 1 aliphatic heterocycles. The van der Waals surface area contributed by atoms with Crippen molar-refractivity contribution in [3.8, 4) is 0 Å². The molecule has 1 saturated heterocycles. The lowest BCUT2D eigenvalue weighted by Gasteiger charge is -2.61. The zero-order valence-electron chi connectivity index (χ0n) is 41.4. The number of hydrogen-bond acceptors (Lipinski definition) is 8. The number of hydrogen-bond donors (Lipinski definition) is 0. The zero-order valence-corrected chi connectivity index (χ0v) is 42.3. The summed E-state index contributed by atoms with van der Waals surface area (Å²) in [4.78, 5) is 36.3. The maximum Gasteiger partial charge on any atom is 0.502 e. The third kappa shape index (κ3) is 29.3. The number of allylic oxidation sites excluding steroid dienone is 2. The summed E-state index contributed by atoms with van der Waals surface area (Å²) in [6.07, 6.45) is 36.5. The van der Waals surface area contributed by atoms with Crippen molar-refractivity contribution < 1.29 is 42.1 Å².